The van der Waals surface area contributed by atoms with E-state index in [1.54, 1.807) is 16.1 Å². The molecule has 0 saturated heterocycles. The molecular formula is C25H36N2O3. The summed E-state index contributed by atoms with van der Waals surface area (Å²) in [6.07, 6.45) is 5.82. The van der Waals surface area contributed by atoms with Gasteiger partial charge in [-0.25, -0.2) is 0 Å². The first kappa shape index (κ1) is 23.7. The number of carbonyl (C=O) groups is 2. The first-order chi connectivity index (χ1) is 14.3. The van der Waals surface area contributed by atoms with Crippen LogP contribution in [0.3, 0.4) is 0 Å². The third kappa shape index (κ3) is 7.69. The minimum absolute atomic E-state index is 0.0466. The molecule has 2 rings (SSSR count). The van der Waals surface area contributed by atoms with E-state index in [2.05, 4.69) is 19.1 Å². The number of carbonyl (C=O) groups excluding carboxylic acids is 2. The molecule has 0 saturated carbocycles. The van der Waals surface area contributed by atoms with E-state index in [1.807, 2.05) is 51.1 Å². The molecule has 1 aromatic heterocycles. The molecule has 0 bridgehead atoms. The van der Waals surface area contributed by atoms with Gasteiger partial charge in [-0.3, -0.25) is 9.59 Å². The van der Waals surface area contributed by atoms with Gasteiger partial charge in [0, 0.05) is 18.5 Å². The van der Waals surface area contributed by atoms with Crippen LogP contribution in [0, 0.1) is 0 Å². The first-order valence-electron chi connectivity index (χ1n) is 11.0. The molecule has 1 heterocycles. The Labute approximate surface area is 181 Å². The minimum atomic E-state index is -0.408. The van der Waals surface area contributed by atoms with Crippen LogP contribution >= 0.6 is 0 Å². The van der Waals surface area contributed by atoms with E-state index >= 15 is 0 Å². The lowest BCUT2D eigenvalue weighted by molar-refractivity contribution is -0.145. The zero-order chi connectivity index (χ0) is 22.0. The summed E-state index contributed by atoms with van der Waals surface area (Å²) in [4.78, 5) is 29.6. The molecule has 1 aromatic carbocycles. The second-order valence-corrected chi connectivity index (χ2v) is 8.74. The van der Waals surface area contributed by atoms with Crippen LogP contribution < -0.4 is 0 Å². The van der Waals surface area contributed by atoms with Gasteiger partial charge in [0.1, 0.15) is 12.3 Å². The van der Waals surface area contributed by atoms with Gasteiger partial charge in [-0.05, 0) is 51.3 Å². The van der Waals surface area contributed by atoms with Gasteiger partial charge in [-0.2, -0.15) is 0 Å². The average Bonchev–Trinajstić information content (AvgIpc) is 3.22. The molecule has 0 unspecified atom stereocenters. The van der Waals surface area contributed by atoms with Gasteiger partial charge < -0.3 is 14.2 Å². The molecule has 2 aromatic rings. The maximum atomic E-state index is 13.3. The van der Waals surface area contributed by atoms with Gasteiger partial charge >= 0.3 is 0 Å². The van der Waals surface area contributed by atoms with Crippen LogP contribution in [0.4, 0.5) is 0 Å². The van der Waals surface area contributed by atoms with Crippen LogP contribution in [0.2, 0.25) is 0 Å². The molecule has 30 heavy (non-hydrogen) atoms. The van der Waals surface area contributed by atoms with Crippen molar-refractivity contribution in [1.82, 2.24) is 9.80 Å². The lowest BCUT2D eigenvalue weighted by atomic mass is 10.0. The van der Waals surface area contributed by atoms with Gasteiger partial charge in [0.2, 0.25) is 11.8 Å². The third-order valence-corrected chi connectivity index (χ3v) is 5.19. The molecule has 0 fully saturated rings. The molecule has 0 aliphatic rings. The Kier molecular flexibility index (Phi) is 9.15. The van der Waals surface area contributed by atoms with E-state index < -0.39 is 5.54 Å². The number of amides is 2. The van der Waals surface area contributed by atoms with Crippen molar-refractivity contribution >= 4 is 11.8 Å². The number of furan rings is 1. The fraction of sp³-hybridized carbons (Fsp3) is 0.520. The van der Waals surface area contributed by atoms with E-state index in [0.717, 1.165) is 31.4 Å². The summed E-state index contributed by atoms with van der Waals surface area (Å²) in [6.45, 7) is 9.14. The average molecular weight is 413 g/mol. The quantitative estimate of drug-likeness (QED) is 0.485. The lowest BCUT2D eigenvalue weighted by Crippen LogP contribution is -2.51. The molecule has 2 amide bonds. The van der Waals surface area contributed by atoms with Crippen molar-refractivity contribution in [2.24, 2.45) is 0 Å². The summed E-state index contributed by atoms with van der Waals surface area (Å²) in [5.41, 5.74) is 0.771. The van der Waals surface area contributed by atoms with Crippen LogP contribution in [0.5, 0.6) is 0 Å². The molecule has 5 nitrogen and oxygen atoms in total. The number of benzene rings is 1. The molecule has 0 N–H and O–H groups in total. The Balaban J connectivity index is 2.09. The van der Waals surface area contributed by atoms with Crippen molar-refractivity contribution in [2.45, 2.75) is 71.9 Å². The van der Waals surface area contributed by atoms with Crippen molar-refractivity contribution in [3.05, 3.63) is 60.1 Å². The SMILES string of the molecule is CCCCCC(=O)N(CC(=O)N(CCc1ccccc1)Cc1ccco1)C(C)(C)C. The molecule has 0 radical (unpaired) electrons. The molecule has 164 valence electrons. The Morgan fingerprint density at radius 1 is 0.967 bits per heavy atom. The zero-order valence-electron chi connectivity index (χ0n) is 18.9. The summed E-state index contributed by atoms with van der Waals surface area (Å²) in [5, 5.41) is 0. The maximum Gasteiger partial charge on any atom is 0.242 e. The maximum absolute atomic E-state index is 13.3. The summed E-state index contributed by atoms with van der Waals surface area (Å²) in [5.74, 6) is 0.736. The number of nitrogens with zero attached hydrogens (tertiary/aromatic N) is 2. The van der Waals surface area contributed by atoms with Crippen molar-refractivity contribution in [1.29, 1.82) is 0 Å². The number of hydrogen-bond acceptors (Lipinski definition) is 3. The molecule has 0 spiro atoms. The van der Waals surface area contributed by atoms with Gasteiger partial charge in [0.05, 0.1) is 12.8 Å². The smallest absolute Gasteiger partial charge is 0.242 e. The Morgan fingerprint density at radius 3 is 2.30 bits per heavy atom. The van der Waals surface area contributed by atoms with E-state index in [-0.39, 0.29) is 18.4 Å². The van der Waals surface area contributed by atoms with E-state index in [1.165, 1.54) is 5.56 Å². The topological polar surface area (TPSA) is 53.8 Å². The fourth-order valence-electron chi connectivity index (χ4n) is 3.39. The Morgan fingerprint density at radius 2 is 1.70 bits per heavy atom. The molecule has 0 aliphatic heterocycles. The van der Waals surface area contributed by atoms with Gasteiger partial charge in [0.15, 0.2) is 0 Å². The summed E-state index contributed by atoms with van der Waals surface area (Å²) >= 11 is 0. The van der Waals surface area contributed by atoms with Crippen LogP contribution in [-0.4, -0.2) is 40.2 Å². The van der Waals surface area contributed by atoms with Crippen molar-refractivity contribution in [2.75, 3.05) is 13.1 Å². The van der Waals surface area contributed by atoms with E-state index in [0.29, 0.717) is 19.5 Å². The molecule has 0 aliphatic carbocycles. The fourth-order valence-corrected chi connectivity index (χ4v) is 3.39. The second kappa shape index (κ2) is 11.6. The predicted octanol–water partition coefficient (Wildman–Crippen LogP) is 5.06. The van der Waals surface area contributed by atoms with Crippen molar-refractivity contribution in [3.63, 3.8) is 0 Å². The summed E-state index contributed by atoms with van der Waals surface area (Å²) in [6, 6.07) is 13.8. The number of unbranched alkanes of at least 4 members (excludes halogenated alkanes) is 2. The largest absolute Gasteiger partial charge is 0.467 e. The highest BCUT2D eigenvalue weighted by Gasteiger charge is 2.29. The molecule has 0 atom stereocenters. The van der Waals surface area contributed by atoms with Crippen molar-refractivity contribution < 1.29 is 14.0 Å². The summed E-state index contributed by atoms with van der Waals surface area (Å²) in [7, 11) is 0. The standard InChI is InChI=1S/C25H36N2O3/c1-5-6-8-15-23(28)27(25(2,3)4)20-24(29)26(19-22-14-11-18-30-22)17-16-21-12-9-7-10-13-21/h7,9-14,18H,5-6,8,15-17,19-20H2,1-4H3. The molecular weight excluding hydrogens is 376 g/mol. The van der Waals surface area contributed by atoms with Crippen LogP contribution in [0.25, 0.3) is 0 Å². The van der Waals surface area contributed by atoms with Crippen LogP contribution in [-0.2, 0) is 22.6 Å². The first-order valence-corrected chi connectivity index (χ1v) is 11.0. The monoisotopic (exact) mass is 412 g/mol. The van der Waals surface area contributed by atoms with Crippen LogP contribution in [0.15, 0.2) is 53.1 Å². The highest BCUT2D eigenvalue weighted by molar-refractivity contribution is 5.85. The van der Waals surface area contributed by atoms with Gasteiger partial charge in [0.25, 0.3) is 0 Å². The third-order valence-electron chi connectivity index (χ3n) is 5.19. The summed E-state index contributed by atoms with van der Waals surface area (Å²) < 4.78 is 5.48. The lowest BCUT2D eigenvalue weighted by Gasteiger charge is -2.37. The van der Waals surface area contributed by atoms with Gasteiger partial charge in [-0.15, -0.1) is 0 Å². The van der Waals surface area contributed by atoms with Crippen molar-refractivity contribution in [3.8, 4) is 0 Å². The van der Waals surface area contributed by atoms with E-state index in [9.17, 15) is 9.59 Å². The number of rotatable bonds is 11. The highest BCUT2D eigenvalue weighted by atomic mass is 16.3. The van der Waals surface area contributed by atoms with E-state index in [4.69, 9.17) is 4.42 Å². The molecule has 5 heteroatoms. The predicted molar refractivity (Wildman–Crippen MR) is 120 cm³/mol. The number of hydrogen-bond donors (Lipinski definition) is 0. The zero-order valence-corrected chi connectivity index (χ0v) is 18.9. The second-order valence-electron chi connectivity index (χ2n) is 8.74. The Bertz CT molecular complexity index is 763. The van der Waals surface area contributed by atoms with Gasteiger partial charge in [-0.1, -0.05) is 50.1 Å². The highest BCUT2D eigenvalue weighted by Crippen LogP contribution is 2.18. The Hall–Kier alpha value is -2.56. The van der Waals surface area contributed by atoms with Crippen LogP contribution in [0.1, 0.15) is 64.7 Å². The normalized spacial score (nSPS) is 11.3. The minimum Gasteiger partial charge on any atom is -0.467 e.